The molecule has 2 fully saturated rings. The molecule has 2 heterocycles. The number of benzene rings is 3. The highest BCUT2D eigenvalue weighted by Crippen LogP contribution is 2.65. The molecule has 0 amide bonds. The van der Waals surface area contributed by atoms with E-state index in [4.69, 9.17) is 9.47 Å². The molecule has 46 heavy (non-hydrogen) atoms. The molecule has 5 atom stereocenters. The van der Waals surface area contributed by atoms with E-state index in [0.29, 0.717) is 29.5 Å². The number of nitrogens with zero attached hydrogens (tertiary/aromatic N) is 2. The zero-order valence-corrected chi connectivity index (χ0v) is 27.7. The van der Waals surface area contributed by atoms with E-state index in [1.807, 2.05) is 0 Å². The number of aromatic hydroxyl groups is 1. The Labute approximate surface area is 276 Å². The minimum absolute atomic E-state index is 0.0758. The largest absolute Gasteiger partial charge is 0.508 e. The number of aryl methyl sites for hydroxylation is 2. The molecule has 1 N–H and O–H groups in total. The average Bonchev–Trinajstić information content (AvgIpc) is 3.43. The van der Waals surface area contributed by atoms with Crippen molar-refractivity contribution in [3.8, 4) is 17.2 Å². The van der Waals surface area contributed by atoms with Crippen molar-refractivity contribution in [2.24, 2.45) is 5.92 Å². The van der Waals surface area contributed by atoms with Crippen molar-refractivity contribution in [3.63, 3.8) is 0 Å². The van der Waals surface area contributed by atoms with Crippen LogP contribution in [0.2, 0.25) is 0 Å². The molecule has 0 aromatic heterocycles. The van der Waals surface area contributed by atoms with E-state index in [-0.39, 0.29) is 11.5 Å². The van der Waals surface area contributed by atoms with E-state index < -0.39 is 0 Å². The second kappa shape index (κ2) is 13.8. The molecule has 3 aromatic carbocycles. The molecule has 2 bridgehead atoms. The van der Waals surface area contributed by atoms with Gasteiger partial charge in [0.1, 0.15) is 11.9 Å². The molecule has 4 aliphatic rings. The number of hydrogen-bond acceptors (Lipinski definition) is 5. The number of ether oxygens (including phenoxy) is 2. The Bertz CT molecular complexity index is 1480. The third-order valence-electron chi connectivity index (χ3n) is 11.8. The molecule has 2 aliphatic heterocycles. The van der Waals surface area contributed by atoms with Gasteiger partial charge in [0.2, 0.25) is 0 Å². The van der Waals surface area contributed by atoms with Gasteiger partial charge >= 0.3 is 0 Å². The lowest BCUT2D eigenvalue weighted by Gasteiger charge is -2.60. The molecule has 1 saturated carbocycles. The first-order chi connectivity index (χ1) is 22.6. The third kappa shape index (κ3) is 5.75. The zero-order valence-electron chi connectivity index (χ0n) is 27.7. The van der Waals surface area contributed by atoms with Gasteiger partial charge < -0.3 is 14.6 Å². The van der Waals surface area contributed by atoms with E-state index in [1.165, 1.54) is 55.2 Å². The van der Waals surface area contributed by atoms with Gasteiger partial charge in [0, 0.05) is 41.2 Å². The maximum absolute atomic E-state index is 11.3. The van der Waals surface area contributed by atoms with Crippen molar-refractivity contribution in [1.29, 1.82) is 0 Å². The van der Waals surface area contributed by atoms with E-state index in [9.17, 15) is 5.11 Å². The lowest BCUT2D eigenvalue weighted by Crippen LogP contribution is -2.68. The van der Waals surface area contributed by atoms with Crippen molar-refractivity contribution < 1.29 is 14.6 Å². The monoisotopic (exact) mass is 620 g/mol. The van der Waals surface area contributed by atoms with E-state index >= 15 is 0 Å². The first-order valence-electron chi connectivity index (χ1n) is 17.9. The number of phenolic OH excluding ortho intramolecular Hbond substituents is 1. The predicted molar refractivity (Wildman–Crippen MR) is 186 cm³/mol. The summed E-state index contributed by atoms with van der Waals surface area (Å²) in [6.45, 7) is 8.23. The van der Waals surface area contributed by atoms with E-state index in [0.717, 1.165) is 69.6 Å². The number of piperidine rings is 1. The normalized spacial score (nSPS) is 26.0. The summed E-state index contributed by atoms with van der Waals surface area (Å²) in [7, 11) is 1.71. The zero-order chi connectivity index (χ0) is 31.5. The molecule has 2 aliphatic carbocycles. The smallest absolute Gasteiger partial charge is 0.166 e. The van der Waals surface area contributed by atoms with Crippen LogP contribution in [0, 0.1) is 5.92 Å². The van der Waals surface area contributed by atoms with Crippen molar-refractivity contribution in [3.05, 3.63) is 102 Å². The first-order valence-corrected chi connectivity index (χ1v) is 17.9. The third-order valence-corrected chi connectivity index (χ3v) is 11.8. The van der Waals surface area contributed by atoms with Crippen molar-refractivity contribution in [1.82, 2.24) is 9.80 Å². The summed E-state index contributed by atoms with van der Waals surface area (Å²) >= 11 is 0. The Hall–Kier alpha value is -3.28. The van der Waals surface area contributed by atoms with Crippen LogP contribution >= 0.6 is 0 Å². The summed E-state index contributed by atoms with van der Waals surface area (Å²) in [5.74, 6) is 2.50. The molecular formula is C41H52N2O3. The van der Waals surface area contributed by atoms with Gasteiger partial charge in [-0.2, -0.15) is 0 Å². The number of likely N-dealkylation sites (tertiary alicyclic amines) is 1. The molecule has 5 nitrogen and oxygen atoms in total. The number of hydrogen-bond donors (Lipinski definition) is 1. The minimum atomic E-state index is -0.0758. The van der Waals surface area contributed by atoms with Crippen molar-refractivity contribution >= 4 is 0 Å². The number of rotatable bonds is 15. The van der Waals surface area contributed by atoms with Gasteiger partial charge in [0.15, 0.2) is 11.5 Å². The minimum Gasteiger partial charge on any atom is -0.508 e. The Morgan fingerprint density at radius 3 is 2.37 bits per heavy atom. The Balaban J connectivity index is 1.13. The fourth-order valence-electron chi connectivity index (χ4n) is 9.79. The fourth-order valence-corrected chi connectivity index (χ4v) is 9.79. The van der Waals surface area contributed by atoms with Crippen LogP contribution in [0.25, 0.3) is 0 Å². The highest BCUT2D eigenvalue weighted by molar-refractivity contribution is 5.65. The summed E-state index contributed by atoms with van der Waals surface area (Å²) in [4.78, 5) is 5.44. The second-order valence-corrected chi connectivity index (χ2v) is 14.2. The molecule has 5 heteroatoms. The van der Waals surface area contributed by atoms with Crippen molar-refractivity contribution in [2.45, 2.75) is 94.2 Å². The van der Waals surface area contributed by atoms with Crippen LogP contribution in [-0.4, -0.2) is 66.4 Å². The molecule has 0 radical (unpaired) electrons. The second-order valence-electron chi connectivity index (χ2n) is 14.2. The fraction of sp³-hybridized carbons (Fsp3) is 0.512. The summed E-state index contributed by atoms with van der Waals surface area (Å²) < 4.78 is 13.1. The highest BCUT2D eigenvalue weighted by Gasteiger charge is 2.66. The predicted octanol–water partition coefficient (Wildman–Crippen LogP) is 7.73. The van der Waals surface area contributed by atoms with Gasteiger partial charge in [-0.1, -0.05) is 79.6 Å². The summed E-state index contributed by atoms with van der Waals surface area (Å²) in [6.07, 6.45) is 14.9. The maximum atomic E-state index is 11.3. The molecule has 3 aromatic rings. The van der Waals surface area contributed by atoms with Gasteiger partial charge in [-0.05, 0) is 94.5 Å². The average molecular weight is 621 g/mol. The standard InChI is InChI=1S/C41H52N2O3/c1-3-24-42-27-23-41-33-21-22-34(40(41)46-39-37(45-2)29-36(44)32(38(39)41)28-35(33)42)43(26-14-20-31-18-11-7-12-19-31)25-13-5-4-8-15-30-16-9-6-10-17-30/h3,6-7,9-12,16-19,29,33-35,40,44H,1,4-5,8,13-15,20-28H2,2H3/t33-,34-,35+,40-,41-/m0/s1. The van der Waals surface area contributed by atoms with Gasteiger partial charge in [-0.25, -0.2) is 0 Å². The Morgan fingerprint density at radius 1 is 0.957 bits per heavy atom. The Morgan fingerprint density at radius 2 is 1.65 bits per heavy atom. The van der Waals surface area contributed by atoms with Crippen LogP contribution in [-0.2, 0) is 24.7 Å². The van der Waals surface area contributed by atoms with Crippen LogP contribution in [0.5, 0.6) is 17.2 Å². The highest BCUT2D eigenvalue weighted by atomic mass is 16.5. The van der Waals surface area contributed by atoms with Crippen molar-refractivity contribution in [2.75, 3.05) is 33.3 Å². The topological polar surface area (TPSA) is 45.2 Å². The quantitative estimate of drug-likeness (QED) is 0.139. The molecule has 0 unspecified atom stereocenters. The summed E-state index contributed by atoms with van der Waals surface area (Å²) in [5, 5.41) is 11.3. The summed E-state index contributed by atoms with van der Waals surface area (Å²) in [6, 6.07) is 24.4. The molecule has 244 valence electrons. The number of phenols is 1. The molecule has 7 rings (SSSR count). The lowest BCUT2D eigenvalue weighted by molar-refractivity contribution is -0.0866. The van der Waals surface area contributed by atoms with Gasteiger partial charge in [0.25, 0.3) is 0 Å². The number of methoxy groups -OCH3 is 1. The van der Waals surface area contributed by atoms with Gasteiger partial charge in [-0.15, -0.1) is 6.58 Å². The van der Waals surface area contributed by atoms with E-state index in [2.05, 4.69) is 83.1 Å². The first kappa shape index (κ1) is 31.3. The lowest BCUT2D eigenvalue weighted by atomic mass is 9.50. The van der Waals surface area contributed by atoms with Crippen LogP contribution in [0.15, 0.2) is 79.4 Å². The van der Waals surface area contributed by atoms with E-state index in [1.54, 1.807) is 13.2 Å². The molecular weight excluding hydrogens is 568 g/mol. The van der Waals surface area contributed by atoms with Gasteiger partial charge in [0.05, 0.1) is 7.11 Å². The maximum Gasteiger partial charge on any atom is 0.166 e. The molecule has 1 saturated heterocycles. The van der Waals surface area contributed by atoms with Crippen LogP contribution in [0.3, 0.4) is 0 Å². The van der Waals surface area contributed by atoms with Gasteiger partial charge in [-0.3, -0.25) is 9.80 Å². The van der Waals surface area contributed by atoms with Crippen LogP contribution < -0.4 is 9.47 Å². The Kier molecular flexibility index (Phi) is 9.42. The number of unbranched alkanes of at least 4 members (excludes halogenated alkanes) is 3. The SMILES string of the molecule is C=CCN1CC[C@]23c4c5c(O)cc(OC)c4O[C@H]2[C@@H](N(CCCCCCc2ccccc2)CCCc2ccccc2)CC[C@H]3[C@H]1C5. The van der Waals surface area contributed by atoms with Crippen LogP contribution in [0.1, 0.15) is 73.6 Å². The van der Waals surface area contributed by atoms with Crippen LogP contribution in [0.4, 0.5) is 0 Å². The molecule has 1 spiro atoms. The summed E-state index contributed by atoms with van der Waals surface area (Å²) in [5.41, 5.74) is 5.18.